The Bertz CT molecular complexity index is 938. The normalized spacial score (nSPS) is 10.2. The van der Waals surface area contributed by atoms with Crippen LogP contribution >= 0.6 is 0 Å². The number of carbonyl (C=O) groups excluding carboxylic acids is 2. The van der Waals surface area contributed by atoms with E-state index in [-0.39, 0.29) is 18.2 Å². The van der Waals surface area contributed by atoms with Crippen molar-refractivity contribution >= 4 is 23.1 Å². The molecule has 0 saturated carbocycles. The zero-order chi connectivity index (χ0) is 19.8. The molecule has 5 nitrogen and oxygen atoms in total. The van der Waals surface area contributed by atoms with Crippen LogP contribution in [-0.4, -0.2) is 18.2 Å². The summed E-state index contributed by atoms with van der Waals surface area (Å²) in [5, 5.41) is 5.83. The van der Waals surface area contributed by atoms with Crippen molar-refractivity contribution in [2.24, 2.45) is 0 Å². The van der Waals surface area contributed by atoms with E-state index in [9.17, 15) is 9.59 Å². The first-order chi connectivity index (χ1) is 13.6. The van der Waals surface area contributed by atoms with Crippen LogP contribution < -0.4 is 15.4 Å². The van der Waals surface area contributed by atoms with E-state index >= 15 is 0 Å². The van der Waals surface area contributed by atoms with Gasteiger partial charge < -0.3 is 15.4 Å². The van der Waals surface area contributed by atoms with Crippen LogP contribution in [0.3, 0.4) is 0 Å². The molecule has 0 aromatic heterocycles. The van der Waals surface area contributed by atoms with E-state index in [1.54, 1.807) is 30.3 Å². The maximum Gasteiger partial charge on any atom is 0.243 e. The largest absolute Gasteiger partial charge is 0.489 e. The molecule has 0 atom stereocenters. The summed E-state index contributed by atoms with van der Waals surface area (Å²) in [6.07, 6.45) is 0. The molecule has 0 saturated heterocycles. The van der Waals surface area contributed by atoms with Gasteiger partial charge in [-0.25, -0.2) is 0 Å². The van der Waals surface area contributed by atoms with Gasteiger partial charge in [0, 0.05) is 16.9 Å². The molecule has 0 aliphatic carbocycles. The van der Waals surface area contributed by atoms with Gasteiger partial charge in [-0.15, -0.1) is 0 Å². The molecule has 0 spiro atoms. The third kappa shape index (κ3) is 5.45. The van der Waals surface area contributed by atoms with E-state index in [0.717, 1.165) is 11.3 Å². The molecule has 1 amide bonds. The van der Waals surface area contributed by atoms with E-state index in [1.165, 1.54) is 6.92 Å². The van der Waals surface area contributed by atoms with Crippen LogP contribution in [0.5, 0.6) is 5.75 Å². The minimum absolute atomic E-state index is 0.0467. The number of hydrogen-bond acceptors (Lipinski definition) is 4. The molecule has 28 heavy (non-hydrogen) atoms. The highest BCUT2D eigenvalue weighted by Gasteiger charge is 2.08. The van der Waals surface area contributed by atoms with Gasteiger partial charge in [0.2, 0.25) is 5.91 Å². The number of carbonyl (C=O) groups is 2. The minimum Gasteiger partial charge on any atom is -0.489 e. The molecule has 0 aliphatic heterocycles. The van der Waals surface area contributed by atoms with Crippen molar-refractivity contribution in [1.82, 2.24) is 0 Å². The van der Waals surface area contributed by atoms with Gasteiger partial charge in [-0.1, -0.05) is 42.5 Å². The summed E-state index contributed by atoms with van der Waals surface area (Å²) in [5.74, 6) is 0.487. The number of para-hydroxylation sites is 1. The Labute approximate surface area is 164 Å². The molecule has 0 fully saturated rings. The van der Waals surface area contributed by atoms with Crippen molar-refractivity contribution in [1.29, 1.82) is 0 Å². The monoisotopic (exact) mass is 374 g/mol. The second-order valence-electron chi connectivity index (χ2n) is 6.30. The molecule has 0 heterocycles. The molecule has 0 aliphatic rings. The maximum absolute atomic E-state index is 12.2. The number of anilines is 2. The average molecular weight is 374 g/mol. The highest BCUT2D eigenvalue weighted by Crippen LogP contribution is 2.18. The summed E-state index contributed by atoms with van der Waals surface area (Å²) >= 11 is 0. The Hall–Kier alpha value is -3.60. The fourth-order valence-corrected chi connectivity index (χ4v) is 2.70. The van der Waals surface area contributed by atoms with Crippen molar-refractivity contribution in [3.8, 4) is 5.75 Å². The molecule has 0 radical (unpaired) electrons. The fourth-order valence-electron chi connectivity index (χ4n) is 2.70. The standard InChI is InChI=1S/C23H22N2O3/c1-17(26)21-9-5-6-10-22(21)24-15-23(27)25-19-11-13-20(14-12-19)28-16-18-7-3-2-4-8-18/h2-14,24H,15-16H2,1H3,(H,25,27). The van der Waals surface area contributed by atoms with Gasteiger partial charge in [-0.3, -0.25) is 9.59 Å². The molecular weight excluding hydrogens is 352 g/mol. The van der Waals surface area contributed by atoms with Crippen molar-refractivity contribution in [2.75, 3.05) is 17.2 Å². The molecule has 3 aromatic carbocycles. The van der Waals surface area contributed by atoms with Crippen LogP contribution in [0.4, 0.5) is 11.4 Å². The summed E-state index contributed by atoms with van der Waals surface area (Å²) in [6.45, 7) is 2.06. The number of Topliss-reactive ketones (excluding diaryl/α,β-unsaturated/α-hetero) is 1. The fraction of sp³-hybridized carbons (Fsp3) is 0.130. The number of rotatable bonds is 8. The van der Waals surface area contributed by atoms with Crippen LogP contribution in [0.25, 0.3) is 0 Å². The van der Waals surface area contributed by atoms with Crippen LogP contribution in [0.1, 0.15) is 22.8 Å². The van der Waals surface area contributed by atoms with Crippen LogP contribution in [-0.2, 0) is 11.4 Å². The predicted octanol–water partition coefficient (Wildman–Crippen LogP) is 4.52. The van der Waals surface area contributed by atoms with E-state index in [1.807, 2.05) is 48.5 Å². The molecule has 0 bridgehead atoms. The average Bonchev–Trinajstić information content (AvgIpc) is 2.72. The highest BCUT2D eigenvalue weighted by atomic mass is 16.5. The smallest absolute Gasteiger partial charge is 0.243 e. The lowest BCUT2D eigenvalue weighted by Crippen LogP contribution is -2.22. The summed E-state index contributed by atoms with van der Waals surface area (Å²) in [7, 11) is 0. The zero-order valence-electron chi connectivity index (χ0n) is 15.6. The molecular formula is C23H22N2O3. The third-order valence-corrected chi connectivity index (χ3v) is 4.13. The second-order valence-corrected chi connectivity index (χ2v) is 6.30. The number of hydrogen-bond donors (Lipinski definition) is 2. The Kier molecular flexibility index (Phi) is 6.41. The molecule has 0 unspecified atom stereocenters. The Balaban J connectivity index is 1.50. The van der Waals surface area contributed by atoms with Gasteiger partial charge in [0.15, 0.2) is 5.78 Å². The molecule has 5 heteroatoms. The highest BCUT2D eigenvalue weighted by molar-refractivity contribution is 6.00. The minimum atomic E-state index is -0.198. The summed E-state index contributed by atoms with van der Waals surface area (Å²) < 4.78 is 5.74. The van der Waals surface area contributed by atoms with Gasteiger partial charge in [0.05, 0.1) is 6.54 Å². The number of nitrogens with one attached hydrogen (secondary N) is 2. The topological polar surface area (TPSA) is 67.4 Å². The summed E-state index contributed by atoms with van der Waals surface area (Å²) in [5.41, 5.74) is 2.99. The van der Waals surface area contributed by atoms with Crippen LogP contribution in [0.2, 0.25) is 0 Å². The van der Waals surface area contributed by atoms with Crippen LogP contribution in [0.15, 0.2) is 78.9 Å². The lowest BCUT2D eigenvalue weighted by Gasteiger charge is -2.11. The predicted molar refractivity (Wildman–Crippen MR) is 111 cm³/mol. The third-order valence-electron chi connectivity index (χ3n) is 4.13. The quantitative estimate of drug-likeness (QED) is 0.569. The number of amides is 1. The van der Waals surface area contributed by atoms with Gasteiger partial charge in [0.25, 0.3) is 0 Å². The van der Waals surface area contributed by atoms with E-state index in [2.05, 4.69) is 10.6 Å². The van der Waals surface area contributed by atoms with E-state index < -0.39 is 0 Å². The van der Waals surface area contributed by atoms with Gasteiger partial charge in [0.1, 0.15) is 12.4 Å². The van der Waals surface area contributed by atoms with Crippen molar-refractivity contribution in [2.45, 2.75) is 13.5 Å². The number of benzene rings is 3. The van der Waals surface area contributed by atoms with Gasteiger partial charge in [-0.05, 0) is 48.9 Å². The van der Waals surface area contributed by atoms with Crippen molar-refractivity contribution < 1.29 is 14.3 Å². The molecule has 3 rings (SSSR count). The van der Waals surface area contributed by atoms with Crippen LogP contribution in [0, 0.1) is 0 Å². The van der Waals surface area contributed by atoms with Gasteiger partial charge >= 0.3 is 0 Å². The lowest BCUT2D eigenvalue weighted by molar-refractivity contribution is -0.114. The van der Waals surface area contributed by atoms with E-state index in [4.69, 9.17) is 4.74 Å². The summed E-state index contributed by atoms with van der Waals surface area (Å²) in [6, 6.07) is 24.3. The zero-order valence-corrected chi connectivity index (χ0v) is 15.6. The summed E-state index contributed by atoms with van der Waals surface area (Å²) in [4.78, 5) is 23.8. The Morgan fingerprint density at radius 1 is 0.857 bits per heavy atom. The molecule has 2 N–H and O–H groups in total. The number of ether oxygens (including phenoxy) is 1. The Morgan fingerprint density at radius 2 is 1.54 bits per heavy atom. The first kappa shape index (κ1) is 19.2. The van der Waals surface area contributed by atoms with Crippen molar-refractivity contribution in [3.05, 3.63) is 90.0 Å². The maximum atomic E-state index is 12.2. The van der Waals surface area contributed by atoms with E-state index in [0.29, 0.717) is 23.5 Å². The molecule has 3 aromatic rings. The SMILES string of the molecule is CC(=O)c1ccccc1NCC(=O)Nc1ccc(OCc2ccccc2)cc1. The second kappa shape index (κ2) is 9.37. The first-order valence-electron chi connectivity index (χ1n) is 9.02. The lowest BCUT2D eigenvalue weighted by atomic mass is 10.1. The Morgan fingerprint density at radius 3 is 2.25 bits per heavy atom. The van der Waals surface area contributed by atoms with Gasteiger partial charge in [-0.2, -0.15) is 0 Å². The van der Waals surface area contributed by atoms with Crippen molar-refractivity contribution in [3.63, 3.8) is 0 Å². The molecule has 142 valence electrons. The first-order valence-corrected chi connectivity index (χ1v) is 9.02. The number of ketones is 1.